The maximum Gasteiger partial charge on any atom is 0.246 e. The van der Waals surface area contributed by atoms with E-state index < -0.39 is 0 Å². The lowest BCUT2D eigenvalue weighted by atomic mass is 10.1. The van der Waals surface area contributed by atoms with Crippen molar-refractivity contribution >= 4 is 28.7 Å². The summed E-state index contributed by atoms with van der Waals surface area (Å²) in [6.45, 7) is 8.87. The summed E-state index contributed by atoms with van der Waals surface area (Å²) in [5, 5.41) is 3.79. The fourth-order valence-electron chi connectivity index (χ4n) is 4.78. The molecular weight excluding hydrogens is 472 g/mol. The number of morpholine rings is 2. The molecule has 0 bridgehead atoms. The van der Waals surface area contributed by atoms with Crippen LogP contribution in [0.5, 0.6) is 0 Å². The summed E-state index contributed by atoms with van der Waals surface area (Å²) < 4.78 is 16.2. The summed E-state index contributed by atoms with van der Waals surface area (Å²) in [7, 11) is 1.51. The Hall–Kier alpha value is -3.34. The van der Waals surface area contributed by atoms with E-state index in [9.17, 15) is 4.79 Å². The van der Waals surface area contributed by atoms with Gasteiger partial charge in [-0.2, -0.15) is 9.97 Å². The number of methoxy groups -OCH3 is 1. The Morgan fingerprint density at radius 1 is 1.03 bits per heavy atom. The quantitative estimate of drug-likeness (QED) is 0.518. The molecule has 2 aliphatic rings. The molecule has 2 aliphatic heterocycles. The summed E-state index contributed by atoms with van der Waals surface area (Å²) in [5.74, 6) is 1.42. The summed E-state index contributed by atoms with van der Waals surface area (Å²) in [4.78, 5) is 31.3. The average Bonchev–Trinajstić information content (AvgIpc) is 2.92. The van der Waals surface area contributed by atoms with Crippen LogP contribution in [-0.4, -0.2) is 86.2 Å². The summed E-state index contributed by atoms with van der Waals surface area (Å²) >= 11 is 0. The number of amides is 1. The number of ether oxygens (including phenoxy) is 3. The number of pyridine rings is 1. The van der Waals surface area contributed by atoms with Gasteiger partial charge in [0.05, 0.1) is 49.6 Å². The van der Waals surface area contributed by atoms with Gasteiger partial charge in [-0.15, -0.1) is 0 Å². The monoisotopic (exact) mass is 506 g/mol. The van der Waals surface area contributed by atoms with E-state index in [1.54, 1.807) is 0 Å². The number of nitrogens with zero attached hydrogens (tertiary/aromatic N) is 5. The second-order valence-electron chi connectivity index (χ2n) is 9.56. The van der Waals surface area contributed by atoms with Crippen LogP contribution in [0.15, 0.2) is 36.4 Å². The molecule has 37 heavy (non-hydrogen) atoms. The molecule has 2 aromatic heterocycles. The molecule has 10 heteroatoms. The standard InChI is InChI=1S/C27H34N6O4/c1-18-15-36-11-9-32(18)26-22-7-8-23(21-6-4-5-20(13-21)14-28-24(34)17-35-3)29-25(22)30-27(31-26)33-10-12-37-16-19(33)2/h4-8,13,18-19H,9-12,14-17H2,1-3H3,(H,28,34)/t18-,19-/m0/s1. The van der Waals surface area contributed by atoms with E-state index in [0.29, 0.717) is 44.6 Å². The highest BCUT2D eigenvalue weighted by Crippen LogP contribution is 2.31. The number of carbonyl (C=O) groups excluding carboxylic acids is 1. The first kappa shape index (κ1) is 25.3. The Labute approximate surface area is 216 Å². The number of nitrogens with one attached hydrogen (secondary N) is 1. The SMILES string of the molecule is COCC(=O)NCc1cccc(-c2ccc3c(N4CCOC[C@@H]4C)nc(N4CCOC[C@@H]4C)nc3n2)c1. The Kier molecular flexibility index (Phi) is 7.78. The third-order valence-electron chi connectivity index (χ3n) is 6.78. The first-order chi connectivity index (χ1) is 18.0. The van der Waals surface area contributed by atoms with Crippen LogP contribution >= 0.6 is 0 Å². The summed E-state index contributed by atoms with van der Waals surface area (Å²) in [6, 6.07) is 12.5. The van der Waals surface area contributed by atoms with Crippen LogP contribution in [0.1, 0.15) is 19.4 Å². The van der Waals surface area contributed by atoms with Crippen molar-refractivity contribution in [1.29, 1.82) is 0 Å². The van der Waals surface area contributed by atoms with Crippen LogP contribution in [0, 0.1) is 0 Å². The zero-order chi connectivity index (χ0) is 25.8. The second-order valence-corrected chi connectivity index (χ2v) is 9.56. The highest BCUT2D eigenvalue weighted by Gasteiger charge is 2.27. The van der Waals surface area contributed by atoms with E-state index in [4.69, 9.17) is 29.2 Å². The third kappa shape index (κ3) is 5.66. The largest absolute Gasteiger partial charge is 0.377 e. The Morgan fingerprint density at radius 2 is 1.78 bits per heavy atom. The van der Waals surface area contributed by atoms with Crippen molar-refractivity contribution in [3.05, 3.63) is 42.0 Å². The zero-order valence-electron chi connectivity index (χ0n) is 21.6. The molecule has 3 aromatic rings. The number of anilines is 2. The maximum absolute atomic E-state index is 11.8. The molecule has 1 amide bonds. The van der Waals surface area contributed by atoms with Gasteiger partial charge in [-0.1, -0.05) is 18.2 Å². The predicted octanol–water partition coefficient (Wildman–Crippen LogP) is 2.40. The van der Waals surface area contributed by atoms with Crippen LogP contribution in [0.3, 0.4) is 0 Å². The van der Waals surface area contributed by atoms with Crippen LogP contribution in [0.4, 0.5) is 11.8 Å². The van der Waals surface area contributed by atoms with Crippen LogP contribution in [0.2, 0.25) is 0 Å². The van der Waals surface area contributed by atoms with E-state index >= 15 is 0 Å². The molecule has 0 unspecified atom stereocenters. The number of aromatic nitrogens is 3. The molecular formula is C27H34N6O4. The summed E-state index contributed by atoms with van der Waals surface area (Å²) in [5.41, 5.74) is 3.42. The fourth-order valence-corrected chi connectivity index (χ4v) is 4.78. The molecule has 5 rings (SSSR count). The van der Waals surface area contributed by atoms with Crippen molar-refractivity contribution in [2.24, 2.45) is 0 Å². The Balaban J connectivity index is 1.52. The highest BCUT2D eigenvalue weighted by atomic mass is 16.5. The van der Waals surface area contributed by atoms with E-state index in [2.05, 4.69) is 35.0 Å². The molecule has 0 spiro atoms. The van der Waals surface area contributed by atoms with Gasteiger partial charge in [0.15, 0.2) is 5.65 Å². The van der Waals surface area contributed by atoms with E-state index in [1.807, 2.05) is 30.3 Å². The molecule has 2 atom stereocenters. The highest BCUT2D eigenvalue weighted by molar-refractivity contribution is 5.90. The molecule has 4 heterocycles. The molecule has 0 saturated carbocycles. The third-order valence-corrected chi connectivity index (χ3v) is 6.78. The second kappa shape index (κ2) is 11.4. The number of benzene rings is 1. The summed E-state index contributed by atoms with van der Waals surface area (Å²) in [6.07, 6.45) is 0. The van der Waals surface area contributed by atoms with Crippen molar-refractivity contribution in [3.8, 4) is 11.3 Å². The van der Waals surface area contributed by atoms with Gasteiger partial charge in [-0.05, 0) is 37.6 Å². The van der Waals surface area contributed by atoms with Gasteiger partial charge in [0, 0.05) is 32.3 Å². The van der Waals surface area contributed by atoms with E-state index in [1.165, 1.54) is 7.11 Å². The first-order valence-electron chi connectivity index (χ1n) is 12.8. The normalized spacial score (nSPS) is 20.3. The Bertz CT molecular complexity index is 1250. The van der Waals surface area contributed by atoms with Gasteiger partial charge in [-0.3, -0.25) is 4.79 Å². The van der Waals surface area contributed by atoms with E-state index in [-0.39, 0.29) is 24.6 Å². The average molecular weight is 507 g/mol. The lowest BCUT2D eigenvalue weighted by Crippen LogP contribution is -2.46. The van der Waals surface area contributed by atoms with Gasteiger partial charge in [0.2, 0.25) is 11.9 Å². The molecule has 196 valence electrons. The van der Waals surface area contributed by atoms with Crippen molar-refractivity contribution in [3.63, 3.8) is 0 Å². The number of rotatable bonds is 7. The minimum Gasteiger partial charge on any atom is -0.377 e. The van der Waals surface area contributed by atoms with Gasteiger partial charge < -0.3 is 29.3 Å². The molecule has 1 aromatic carbocycles. The van der Waals surface area contributed by atoms with Crippen molar-refractivity contribution in [2.75, 3.05) is 63.0 Å². The van der Waals surface area contributed by atoms with Crippen molar-refractivity contribution in [2.45, 2.75) is 32.5 Å². The van der Waals surface area contributed by atoms with Crippen LogP contribution < -0.4 is 15.1 Å². The van der Waals surface area contributed by atoms with Gasteiger partial charge >= 0.3 is 0 Å². The molecule has 0 aliphatic carbocycles. The number of hydrogen-bond acceptors (Lipinski definition) is 9. The topological polar surface area (TPSA) is 102 Å². The molecule has 10 nitrogen and oxygen atoms in total. The molecule has 2 saturated heterocycles. The number of hydrogen-bond donors (Lipinski definition) is 1. The van der Waals surface area contributed by atoms with Gasteiger partial charge in [0.1, 0.15) is 12.4 Å². The van der Waals surface area contributed by atoms with Crippen LogP contribution in [0.25, 0.3) is 22.3 Å². The van der Waals surface area contributed by atoms with Gasteiger partial charge in [0.25, 0.3) is 0 Å². The maximum atomic E-state index is 11.8. The lowest BCUT2D eigenvalue weighted by molar-refractivity contribution is -0.124. The molecule has 2 fully saturated rings. The lowest BCUT2D eigenvalue weighted by Gasteiger charge is -2.37. The smallest absolute Gasteiger partial charge is 0.246 e. The molecule has 1 N–H and O–H groups in total. The van der Waals surface area contributed by atoms with E-state index in [0.717, 1.165) is 41.1 Å². The predicted molar refractivity (Wildman–Crippen MR) is 142 cm³/mol. The van der Waals surface area contributed by atoms with Crippen molar-refractivity contribution in [1.82, 2.24) is 20.3 Å². The zero-order valence-corrected chi connectivity index (χ0v) is 21.6. The van der Waals surface area contributed by atoms with Crippen molar-refractivity contribution < 1.29 is 19.0 Å². The molecule has 0 radical (unpaired) electrons. The van der Waals surface area contributed by atoms with Gasteiger partial charge in [-0.25, -0.2) is 4.98 Å². The fraction of sp³-hybridized carbons (Fsp3) is 0.481. The first-order valence-corrected chi connectivity index (χ1v) is 12.8. The number of carbonyl (C=O) groups is 1. The minimum atomic E-state index is -0.150. The minimum absolute atomic E-state index is 0.0415. The van der Waals surface area contributed by atoms with Crippen LogP contribution in [-0.2, 0) is 25.5 Å². The number of fused-ring (bicyclic) bond motifs is 1. The Morgan fingerprint density at radius 3 is 2.51 bits per heavy atom.